The Bertz CT molecular complexity index is 340. The lowest BCUT2D eigenvalue weighted by atomic mass is 9.77. The Morgan fingerprint density at radius 3 is 2.52 bits per heavy atom. The summed E-state index contributed by atoms with van der Waals surface area (Å²) in [6, 6.07) is 0.555. The molecule has 4 heteroatoms. The Morgan fingerprint density at radius 1 is 1.19 bits per heavy atom. The van der Waals surface area contributed by atoms with Gasteiger partial charge in [-0.05, 0) is 58.8 Å². The number of hydrogen-bond donors (Lipinski definition) is 1. The average molecular weight is 296 g/mol. The first kappa shape index (κ1) is 16.8. The SMILES string of the molecule is CCN1CCCC(N(C)C2(CC(=O)O)CCCCC2)CC1. The lowest BCUT2D eigenvalue weighted by Crippen LogP contribution is -2.53. The molecule has 1 unspecified atom stereocenters. The van der Waals surface area contributed by atoms with Gasteiger partial charge in [-0.2, -0.15) is 0 Å². The van der Waals surface area contributed by atoms with Gasteiger partial charge in [0.1, 0.15) is 0 Å². The van der Waals surface area contributed by atoms with Crippen LogP contribution in [0.25, 0.3) is 0 Å². The molecule has 1 heterocycles. The van der Waals surface area contributed by atoms with Gasteiger partial charge in [0.05, 0.1) is 6.42 Å². The Hall–Kier alpha value is -0.610. The number of carboxylic acid groups (broad SMARTS) is 1. The summed E-state index contributed by atoms with van der Waals surface area (Å²) in [5.41, 5.74) is -0.0872. The highest BCUT2D eigenvalue weighted by Gasteiger charge is 2.41. The Kier molecular flexibility index (Phi) is 6.06. The second kappa shape index (κ2) is 7.59. The largest absolute Gasteiger partial charge is 0.481 e. The fourth-order valence-electron chi connectivity index (χ4n) is 4.37. The van der Waals surface area contributed by atoms with Crippen LogP contribution < -0.4 is 0 Å². The van der Waals surface area contributed by atoms with Gasteiger partial charge in [-0.3, -0.25) is 9.69 Å². The number of carbonyl (C=O) groups is 1. The van der Waals surface area contributed by atoms with Crippen LogP contribution in [0.3, 0.4) is 0 Å². The van der Waals surface area contributed by atoms with Gasteiger partial charge in [-0.25, -0.2) is 0 Å². The fourth-order valence-corrected chi connectivity index (χ4v) is 4.37. The summed E-state index contributed by atoms with van der Waals surface area (Å²) in [4.78, 5) is 16.4. The van der Waals surface area contributed by atoms with E-state index in [2.05, 4.69) is 23.8 Å². The molecule has 0 aromatic rings. The van der Waals surface area contributed by atoms with Crippen molar-refractivity contribution in [2.75, 3.05) is 26.7 Å². The van der Waals surface area contributed by atoms with Crippen LogP contribution >= 0.6 is 0 Å². The molecule has 1 aliphatic heterocycles. The van der Waals surface area contributed by atoms with Crippen LogP contribution in [0.15, 0.2) is 0 Å². The van der Waals surface area contributed by atoms with E-state index in [1.165, 1.54) is 45.1 Å². The highest BCUT2D eigenvalue weighted by molar-refractivity contribution is 5.68. The molecule has 1 N–H and O–H groups in total. The Labute approximate surface area is 129 Å². The predicted octanol–water partition coefficient (Wildman–Crippen LogP) is 2.97. The zero-order valence-corrected chi connectivity index (χ0v) is 13.8. The van der Waals surface area contributed by atoms with Gasteiger partial charge in [0, 0.05) is 11.6 Å². The first-order chi connectivity index (χ1) is 10.1. The van der Waals surface area contributed by atoms with Gasteiger partial charge >= 0.3 is 5.97 Å². The molecule has 1 saturated heterocycles. The van der Waals surface area contributed by atoms with Crippen LogP contribution in [-0.2, 0) is 4.79 Å². The van der Waals surface area contributed by atoms with Crippen molar-refractivity contribution in [1.82, 2.24) is 9.80 Å². The van der Waals surface area contributed by atoms with Gasteiger partial charge in [0.2, 0.25) is 0 Å². The van der Waals surface area contributed by atoms with Crippen molar-refractivity contribution in [3.05, 3.63) is 0 Å². The van der Waals surface area contributed by atoms with Crippen molar-refractivity contribution in [2.45, 2.75) is 76.3 Å². The first-order valence-electron chi connectivity index (χ1n) is 8.74. The number of nitrogens with zero attached hydrogens (tertiary/aromatic N) is 2. The van der Waals surface area contributed by atoms with Crippen LogP contribution in [0.4, 0.5) is 0 Å². The van der Waals surface area contributed by atoms with Gasteiger partial charge in [-0.1, -0.05) is 26.2 Å². The maximum Gasteiger partial charge on any atom is 0.305 e. The third kappa shape index (κ3) is 4.19. The molecule has 0 bridgehead atoms. The first-order valence-corrected chi connectivity index (χ1v) is 8.74. The molecule has 21 heavy (non-hydrogen) atoms. The van der Waals surface area contributed by atoms with E-state index in [0.29, 0.717) is 12.5 Å². The molecule has 4 nitrogen and oxygen atoms in total. The topological polar surface area (TPSA) is 43.8 Å². The zero-order valence-electron chi connectivity index (χ0n) is 13.8. The van der Waals surface area contributed by atoms with Crippen molar-refractivity contribution in [3.8, 4) is 0 Å². The summed E-state index contributed by atoms with van der Waals surface area (Å²) in [6.45, 7) is 5.73. The number of aliphatic carboxylic acids is 1. The summed E-state index contributed by atoms with van der Waals surface area (Å²) in [7, 11) is 2.19. The molecule has 1 aliphatic carbocycles. The van der Waals surface area contributed by atoms with Crippen molar-refractivity contribution in [1.29, 1.82) is 0 Å². The van der Waals surface area contributed by atoms with Crippen LogP contribution in [0, 0.1) is 0 Å². The molecule has 0 amide bonds. The quantitative estimate of drug-likeness (QED) is 0.847. The minimum absolute atomic E-state index is 0.0872. The fraction of sp³-hybridized carbons (Fsp3) is 0.941. The zero-order chi connectivity index (χ0) is 15.3. The molecule has 0 aromatic heterocycles. The highest BCUT2D eigenvalue weighted by atomic mass is 16.4. The van der Waals surface area contributed by atoms with Crippen molar-refractivity contribution in [2.24, 2.45) is 0 Å². The lowest BCUT2D eigenvalue weighted by molar-refractivity contribution is -0.141. The summed E-state index contributed by atoms with van der Waals surface area (Å²) < 4.78 is 0. The van der Waals surface area contributed by atoms with E-state index in [9.17, 15) is 9.90 Å². The van der Waals surface area contributed by atoms with Crippen molar-refractivity contribution >= 4 is 5.97 Å². The summed E-state index contributed by atoms with van der Waals surface area (Å²) in [5.74, 6) is -0.632. The van der Waals surface area contributed by atoms with E-state index in [1.54, 1.807) is 0 Å². The van der Waals surface area contributed by atoms with Gasteiger partial charge < -0.3 is 10.0 Å². The maximum atomic E-state index is 11.4. The predicted molar refractivity (Wildman–Crippen MR) is 85.6 cm³/mol. The number of likely N-dealkylation sites (tertiary alicyclic amines) is 1. The minimum Gasteiger partial charge on any atom is -0.481 e. The van der Waals surface area contributed by atoms with E-state index in [4.69, 9.17) is 0 Å². The number of hydrogen-bond acceptors (Lipinski definition) is 3. The highest BCUT2D eigenvalue weighted by Crippen LogP contribution is 2.38. The van der Waals surface area contributed by atoms with Crippen LogP contribution in [0.5, 0.6) is 0 Å². The average Bonchev–Trinajstić information content (AvgIpc) is 2.72. The monoisotopic (exact) mass is 296 g/mol. The summed E-state index contributed by atoms with van der Waals surface area (Å²) in [6.07, 6.45) is 9.72. The third-order valence-electron chi connectivity index (χ3n) is 5.80. The lowest BCUT2D eigenvalue weighted by Gasteiger charge is -2.47. The Morgan fingerprint density at radius 2 is 1.90 bits per heavy atom. The summed E-state index contributed by atoms with van der Waals surface area (Å²) in [5, 5.41) is 9.38. The molecule has 1 saturated carbocycles. The van der Waals surface area contributed by atoms with Gasteiger partial charge in [0.25, 0.3) is 0 Å². The molecule has 2 fully saturated rings. The second-order valence-corrected chi connectivity index (χ2v) is 6.99. The molecule has 0 radical (unpaired) electrons. The van der Waals surface area contributed by atoms with Crippen LogP contribution in [0.2, 0.25) is 0 Å². The number of rotatable bonds is 5. The van der Waals surface area contributed by atoms with Crippen LogP contribution in [0.1, 0.15) is 64.7 Å². The normalized spacial score (nSPS) is 27.5. The maximum absolute atomic E-state index is 11.4. The minimum atomic E-state index is -0.632. The number of carboxylic acids is 1. The van der Waals surface area contributed by atoms with E-state index in [-0.39, 0.29) is 5.54 Å². The van der Waals surface area contributed by atoms with Crippen molar-refractivity contribution in [3.63, 3.8) is 0 Å². The smallest absolute Gasteiger partial charge is 0.305 e. The molecule has 2 aliphatic rings. The Balaban J connectivity index is 2.06. The molecule has 1 atom stereocenters. The molecule has 0 spiro atoms. The standard InChI is InChI=1S/C17H32N2O2/c1-3-19-12-7-8-15(9-13-19)18(2)17(14-16(20)21)10-5-4-6-11-17/h15H,3-14H2,1-2H3,(H,20,21). The van der Waals surface area contributed by atoms with Gasteiger partial charge in [0.15, 0.2) is 0 Å². The van der Waals surface area contributed by atoms with Crippen molar-refractivity contribution < 1.29 is 9.90 Å². The summed E-state index contributed by atoms with van der Waals surface area (Å²) >= 11 is 0. The van der Waals surface area contributed by atoms with E-state index in [0.717, 1.165) is 25.9 Å². The van der Waals surface area contributed by atoms with E-state index in [1.807, 2.05) is 0 Å². The molecule has 2 rings (SSSR count). The molecular weight excluding hydrogens is 264 g/mol. The van der Waals surface area contributed by atoms with E-state index >= 15 is 0 Å². The molecular formula is C17H32N2O2. The molecule has 0 aromatic carbocycles. The van der Waals surface area contributed by atoms with E-state index < -0.39 is 5.97 Å². The molecule has 122 valence electrons. The van der Waals surface area contributed by atoms with Crippen LogP contribution in [-0.4, -0.2) is 59.1 Å². The second-order valence-electron chi connectivity index (χ2n) is 6.99. The third-order valence-corrected chi connectivity index (χ3v) is 5.80. The van der Waals surface area contributed by atoms with Gasteiger partial charge in [-0.15, -0.1) is 0 Å².